The quantitative estimate of drug-likeness (QED) is 0.778. The number of hydrogen-bond acceptors (Lipinski definition) is 4. The van der Waals surface area contributed by atoms with Gasteiger partial charge in [0.2, 0.25) is 5.91 Å². The Hall–Kier alpha value is -1.44. The molecule has 1 heterocycles. The highest BCUT2D eigenvalue weighted by Crippen LogP contribution is 2.33. The zero-order chi connectivity index (χ0) is 15.4. The molecule has 1 aliphatic rings. The number of hydrogen-bond donors (Lipinski definition) is 2. The van der Waals surface area contributed by atoms with Crippen LogP contribution in [0.15, 0.2) is 0 Å². The Morgan fingerprint density at radius 2 is 2.00 bits per heavy atom. The molecule has 1 fully saturated rings. The number of carboxylic acids is 1. The lowest BCUT2D eigenvalue weighted by molar-refractivity contribution is -0.141. The average molecular weight is 303 g/mol. The van der Waals surface area contributed by atoms with Crippen molar-refractivity contribution < 1.29 is 19.5 Å². The van der Waals surface area contributed by atoms with Gasteiger partial charge in [0, 0.05) is 19.8 Å². The standard InChI is InChI=1S/C12H21N3O4S/c1-7(2)10-15(8(6-20-10)11(17)18)12(19)13-5-9(16)14(3)4/h7-8,10H,5-6H2,1-4H3,(H,13,19)(H,17,18). The lowest BCUT2D eigenvalue weighted by atomic mass is 10.2. The van der Waals surface area contributed by atoms with Gasteiger partial charge >= 0.3 is 12.0 Å². The van der Waals surface area contributed by atoms with Crippen molar-refractivity contribution >= 4 is 29.7 Å². The third kappa shape index (κ3) is 3.78. The van der Waals surface area contributed by atoms with Crippen molar-refractivity contribution in [2.45, 2.75) is 25.3 Å². The number of thioether (sulfide) groups is 1. The number of carboxylic acid groups (broad SMARTS) is 1. The van der Waals surface area contributed by atoms with Gasteiger partial charge in [0.15, 0.2) is 0 Å². The van der Waals surface area contributed by atoms with Gasteiger partial charge in [0.25, 0.3) is 0 Å². The first-order valence-electron chi connectivity index (χ1n) is 6.36. The van der Waals surface area contributed by atoms with E-state index in [2.05, 4.69) is 5.32 Å². The summed E-state index contributed by atoms with van der Waals surface area (Å²) >= 11 is 1.45. The Bertz CT molecular complexity index is 400. The molecule has 0 aromatic carbocycles. The smallest absolute Gasteiger partial charge is 0.327 e. The number of carbonyl (C=O) groups is 3. The molecule has 2 atom stereocenters. The molecular formula is C12H21N3O4S. The number of nitrogens with zero attached hydrogens (tertiary/aromatic N) is 2. The van der Waals surface area contributed by atoms with Crippen LogP contribution < -0.4 is 5.32 Å². The van der Waals surface area contributed by atoms with Gasteiger partial charge in [0.05, 0.1) is 11.9 Å². The van der Waals surface area contributed by atoms with Crippen molar-refractivity contribution in [1.82, 2.24) is 15.1 Å². The van der Waals surface area contributed by atoms with Crippen molar-refractivity contribution in [3.63, 3.8) is 0 Å². The summed E-state index contributed by atoms with van der Waals surface area (Å²) in [6.45, 7) is 3.74. The van der Waals surface area contributed by atoms with Gasteiger partial charge in [-0.25, -0.2) is 9.59 Å². The molecule has 7 nitrogen and oxygen atoms in total. The zero-order valence-corrected chi connectivity index (χ0v) is 12.9. The molecule has 2 unspecified atom stereocenters. The van der Waals surface area contributed by atoms with E-state index in [4.69, 9.17) is 0 Å². The van der Waals surface area contributed by atoms with Gasteiger partial charge in [-0.1, -0.05) is 13.8 Å². The van der Waals surface area contributed by atoms with Crippen LogP contribution in [0.3, 0.4) is 0 Å². The molecule has 20 heavy (non-hydrogen) atoms. The number of likely N-dealkylation sites (N-methyl/N-ethyl adjacent to an activating group) is 1. The van der Waals surface area contributed by atoms with E-state index in [9.17, 15) is 19.5 Å². The second-order valence-electron chi connectivity index (χ2n) is 5.18. The molecule has 0 aliphatic carbocycles. The fourth-order valence-electron chi connectivity index (χ4n) is 1.89. The molecule has 1 aliphatic heterocycles. The van der Waals surface area contributed by atoms with Gasteiger partial charge in [-0.05, 0) is 5.92 Å². The van der Waals surface area contributed by atoms with Crippen LogP contribution in [0.2, 0.25) is 0 Å². The predicted octanol–water partition coefficient (Wildman–Crippen LogP) is 0.268. The van der Waals surface area contributed by atoms with Crippen molar-refractivity contribution in [2.24, 2.45) is 5.92 Å². The summed E-state index contributed by atoms with van der Waals surface area (Å²) in [6.07, 6.45) is 0. The Labute approximate surface area is 122 Å². The minimum Gasteiger partial charge on any atom is -0.480 e. The molecule has 0 spiro atoms. The molecule has 1 rings (SSSR count). The van der Waals surface area contributed by atoms with Crippen LogP contribution in [0.5, 0.6) is 0 Å². The van der Waals surface area contributed by atoms with Gasteiger partial charge in [0.1, 0.15) is 6.04 Å². The van der Waals surface area contributed by atoms with E-state index in [0.29, 0.717) is 5.75 Å². The highest BCUT2D eigenvalue weighted by Gasteiger charge is 2.42. The van der Waals surface area contributed by atoms with Crippen molar-refractivity contribution in [3.8, 4) is 0 Å². The molecule has 1 saturated heterocycles. The van der Waals surface area contributed by atoms with Crippen LogP contribution in [0, 0.1) is 5.92 Å². The third-order valence-electron chi connectivity index (χ3n) is 3.01. The van der Waals surface area contributed by atoms with Gasteiger partial charge < -0.3 is 15.3 Å². The summed E-state index contributed by atoms with van der Waals surface area (Å²) in [5.74, 6) is -0.750. The van der Waals surface area contributed by atoms with Gasteiger partial charge in [-0.3, -0.25) is 9.69 Å². The Morgan fingerprint density at radius 3 is 2.45 bits per heavy atom. The molecule has 114 valence electrons. The lowest BCUT2D eigenvalue weighted by Gasteiger charge is -2.29. The summed E-state index contributed by atoms with van der Waals surface area (Å²) < 4.78 is 0. The highest BCUT2D eigenvalue weighted by atomic mass is 32.2. The summed E-state index contributed by atoms with van der Waals surface area (Å²) in [5.41, 5.74) is 0. The minimum absolute atomic E-state index is 0.135. The Morgan fingerprint density at radius 1 is 1.40 bits per heavy atom. The van der Waals surface area contributed by atoms with Crippen LogP contribution in [-0.2, 0) is 9.59 Å². The monoisotopic (exact) mass is 303 g/mol. The maximum Gasteiger partial charge on any atom is 0.327 e. The largest absolute Gasteiger partial charge is 0.480 e. The van der Waals surface area contributed by atoms with Gasteiger partial charge in [-0.2, -0.15) is 0 Å². The van der Waals surface area contributed by atoms with Crippen molar-refractivity contribution in [1.29, 1.82) is 0 Å². The second kappa shape index (κ2) is 6.83. The number of urea groups is 1. The highest BCUT2D eigenvalue weighted by molar-refractivity contribution is 8.00. The average Bonchev–Trinajstić information content (AvgIpc) is 2.80. The SMILES string of the molecule is CC(C)C1SCC(C(=O)O)N1C(=O)NCC(=O)N(C)C. The number of carbonyl (C=O) groups excluding carboxylic acids is 2. The number of nitrogens with one attached hydrogen (secondary N) is 1. The van der Waals surface area contributed by atoms with E-state index in [-0.39, 0.29) is 23.7 Å². The first-order valence-corrected chi connectivity index (χ1v) is 7.41. The summed E-state index contributed by atoms with van der Waals surface area (Å²) in [5, 5.41) is 11.5. The van der Waals surface area contributed by atoms with Crippen molar-refractivity contribution in [3.05, 3.63) is 0 Å². The Kier molecular flexibility index (Phi) is 5.67. The lowest BCUT2D eigenvalue weighted by Crippen LogP contribution is -2.52. The topological polar surface area (TPSA) is 90.0 Å². The minimum atomic E-state index is -1.02. The Balaban J connectivity index is 2.74. The summed E-state index contributed by atoms with van der Waals surface area (Å²) in [4.78, 5) is 37.6. The van der Waals surface area contributed by atoms with Crippen LogP contribution in [-0.4, -0.2) is 70.6 Å². The molecule has 0 radical (unpaired) electrons. The fraction of sp³-hybridized carbons (Fsp3) is 0.750. The maximum absolute atomic E-state index is 12.2. The van der Waals surface area contributed by atoms with E-state index >= 15 is 0 Å². The van der Waals surface area contributed by atoms with Crippen LogP contribution >= 0.6 is 11.8 Å². The van der Waals surface area contributed by atoms with Crippen LogP contribution in [0.4, 0.5) is 4.79 Å². The number of amides is 3. The fourth-order valence-corrected chi connectivity index (χ4v) is 3.36. The molecule has 0 aromatic heterocycles. The van der Waals surface area contributed by atoms with E-state index in [1.165, 1.54) is 21.6 Å². The van der Waals surface area contributed by atoms with E-state index < -0.39 is 18.0 Å². The summed E-state index contributed by atoms with van der Waals surface area (Å²) in [6, 6.07) is -1.35. The van der Waals surface area contributed by atoms with Crippen LogP contribution in [0.1, 0.15) is 13.8 Å². The molecule has 0 bridgehead atoms. The number of rotatable bonds is 4. The first-order chi connectivity index (χ1) is 9.25. The van der Waals surface area contributed by atoms with Gasteiger partial charge in [-0.15, -0.1) is 11.8 Å². The van der Waals surface area contributed by atoms with E-state index in [1.807, 2.05) is 13.8 Å². The molecule has 3 amide bonds. The molecule has 2 N–H and O–H groups in total. The normalized spacial score (nSPS) is 21.9. The second-order valence-corrected chi connectivity index (χ2v) is 6.33. The third-order valence-corrected chi connectivity index (χ3v) is 4.64. The van der Waals surface area contributed by atoms with E-state index in [1.54, 1.807) is 14.1 Å². The van der Waals surface area contributed by atoms with E-state index in [0.717, 1.165) is 0 Å². The zero-order valence-electron chi connectivity index (χ0n) is 12.1. The maximum atomic E-state index is 12.2. The first kappa shape index (κ1) is 16.6. The number of aliphatic carboxylic acids is 1. The summed E-state index contributed by atoms with van der Waals surface area (Å²) in [7, 11) is 3.19. The molecule has 0 aromatic rings. The molecule has 0 saturated carbocycles. The molecule has 8 heteroatoms. The molecular weight excluding hydrogens is 282 g/mol. The van der Waals surface area contributed by atoms with Crippen LogP contribution in [0.25, 0.3) is 0 Å². The predicted molar refractivity (Wildman–Crippen MR) is 76.4 cm³/mol. The van der Waals surface area contributed by atoms with Crippen molar-refractivity contribution in [2.75, 3.05) is 26.4 Å².